The second-order valence-electron chi connectivity index (χ2n) is 5.62. The molecule has 0 aliphatic carbocycles. The van der Waals surface area contributed by atoms with Gasteiger partial charge in [0.25, 0.3) is 0 Å². The molecule has 2 aromatic carbocycles. The van der Waals surface area contributed by atoms with Gasteiger partial charge in [-0.05, 0) is 36.2 Å². The summed E-state index contributed by atoms with van der Waals surface area (Å²) in [4.78, 5) is 2.35. The van der Waals surface area contributed by atoms with Crippen molar-refractivity contribution in [2.24, 2.45) is 0 Å². The number of rotatable bonds is 5. The van der Waals surface area contributed by atoms with E-state index < -0.39 is 0 Å². The molecule has 1 heterocycles. The molecule has 22 heavy (non-hydrogen) atoms. The van der Waals surface area contributed by atoms with Gasteiger partial charge in [0.1, 0.15) is 5.75 Å². The molecule has 2 aromatic rings. The van der Waals surface area contributed by atoms with Crippen LogP contribution in [0.2, 0.25) is 0 Å². The number of morpholine rings is 1. The summed E-state index contributed by atoms with van der Waals surface area (Å²) in [6.07, 6.45) is 0.790. The van der Waals surface area contributed by atoms with Gasteiger partial charge in [-0.2, -0.15) is 0 Å². The number of likely N-dealkylation sites (N-methyl/N-ethyl adjacent to an activating group) is 1. The molecule has 0 bridgehead atoms. The third-order valence-corrected chi connectivity index (χ3v) is 4.01. The van der Waals surface area contributed by atoms with Crippen LogP contribution in [0.3, 0.4) is 0 Å². The Morgan fingerprint density at radius 2 is 1.77 bits per heavy atom. The Bertz CT molecular complexity index is 568. The van der Waals surface area contributed by atoms with Gasteiger partial charge in [-0.3, -0.25) is 4.90 Å². The van der Waals surface area contributed by atoms with Crippen LogP contribution in [0.15, 0.2) is 54.6 Å². The first-order chi connectivity index (χ1) is 10.8. The summed E-state index contributed by atoms with van der Waals surface area (Å²) in [6, 6.07) is 18.8. The molecule has 0 spiro atoms. The highest BCUT2D eigenvalue weighted by atomic mass is 16.7. The van der Waals surface area contributed by atoms with E-state index in [1.165, 1.54) is 11.1 Å². The zero-order chi connectivity index (χ0) is 15.2. The number of hydrogen-bond donors (Lipinski definition) is 0. The summed E-state index contributed by atoms with van der Waals surface area (Å²) in [7, 11) is 0. The predicted molar refractivity (Wildman–Crippen MR) is 88.2 cm³/mol. The third kappa shape index (κ3) is 4.09. The summed E-state index contributed by atoms with van der Waals surface area (Å²) < 4.78 is 11.6. The van der Waals surface area contributed by atoms with Crippen LogP contribution >= 0.6 is 0 Å². The highest BCUT2D eigenvalue weighted by Crippen LogP contribution is 2.18. The van der Waals surface area contributed by atoms with Crippen LogP contribution in [0.1, 0.15) is 18.1 Å². The van der Waals surface area contributed by atoms with Crippen LogP contribution in [-0.4, -0.2) is 37.4 Å². The van der Waals surface area contributed by atoms with Crippen LogP contribution in [0.5, 0.6) is 5.75 Å². The molecule has 0 aromatic heterocycles. The lowest BCUT2D eigenvalue weighted by Crippen LogP contribution is -2.44. The van der Waals surface area contributed by atoms with E-state index in [1.54, 1.807) is 0 Å². The lowest BCUT2D eigenvalue weighted by molar-refractivity contribution is -0.129. The van der Waals surface area contributed by atoms with E-state index in [9.17, 15) is 0 Å². The van der Waals surface area contributed by atoms with Crippen LogP contribution in [0.25, 0.3) is 0 Å². The van der Waals surface area contributed by atoms with Gasteiger partial charge in [-0.25, -0.2) is 0 Å². The fourth-order valence-corrected chi connectivity index (χ4v) is 2.70. The molecular formula is C19H23NO2. The molecule has 0 radical (unpaired) electrons. The monoisotopic (exact) mass is 297 g/mol. The second kappa shape index (κ2) is 7.43. The Hall–Kier alpha value is -1.84. The number of hydrogen-bond acceptors (Lipinski definition) is 3. The van der Waals surface area contributed by atoms with Crippen molar-refractivity contribution in [2.45, 2.75) is 19.6 Å². The summed E-state index contributed by atoms with van der Waals surface area (Å²) >= 11 is 0. The molecule has 3 nitrogen and oxygen atoms in total. The molecule has 3 heteroatoms. The molecule has 1 aliphatic rings. The maximum Gasteiger partial charge on any atom is 0.212 e. The average Bonchev–Trinajstić information content (AvgIpc) is 2.58. The highest BCUT2D eigenvalue weighted by molar-refractivity contribution is 5.31. The third-order valence-electron chi connectivity index (χ3n) is 4.01. The van der Waals surface area contributed by atoms with Gasteiger partial charge in [0.2, 0.25) is 6.29 Å². The van der Waals surface area contributed by atoms with Crippen molar-refractivity contribution in [3.63, 3.8) is 0 Å². The van der Waals surface area contributed by atoms with Gasteiger partial charge in [0, 0.05) is 6.54 Å². The smallest absolute Gasteiger partial charge is 0.212 e. The van der Waals surface area contributed by atoms with E-state index >= 15 is 0 Å². The summed E-state index contributed by atoms with van der Waals surface area (Å²) in [5.74, 6) is 0.875. The molecule has 0 saturated carbocycles. The molecule has 0 N–H and O–H groups in total. The Balaban J connectivity index is 1.57. The SMILES string of the molecule is CCN1CCOC(Oc2ccc(Cc3ccccc3)cc2)C1. The number of ether oxygens (including phenoxy) is 2. The van der Waals surface area contributed by atoms with Crippen LogP contribution < -0.4 is 4.74 Å². The Morgan fingerprint density at radius 3 is 2.50 bits per heavy atom. The first-order valence-corrected chi connectivity index (χ1v) is 7.97. The van der Waals surface area contributed by atoms with Gasteiger partial charge < -0.3 is 9.47 Å². The zero-order valence-electron chi connectivity index (χ0n) is 13.1. The molecule has 1 atom stereocenters. The quantitative estimate of drug-likeness (QED) is 0.845. The van der Waals surface area contributed by atoms with Crippen LogP contribution in [0.4, 0.5) is 0 Å². The van der Waals surface area contributed by atoms with Crippen LogP contribution in [-0.2, 0) is 11.2 Å². The predicted octanol–water partition coefficient (Wildman–Crippen LogP) is 3.33. The van der Waals surface area contributed by atoms with Crippen molar-refractivity contribution in [1.82, 2.24) is 4.90 Å². The van der Waals surface area contributed by atoms with E-state index in [-0.39, 0.29) is 6.29 Å². The molecular weight excluding hydrogens is 274 g/mol. The molecule has 1 fully saturated rings. The highest BCUT2D eigenvalue weighted by Gasteiger charge is 2.20. The number of benzene rings is 2. The summed E-state index contributed by atoms with van der Waals surface area (Å²) in [5.41, 5.74) is 2.61. The maximum absolute atomic E-state index is 5.93. The van der Waals surface area contributed by atoms with E-state index in [2.05, 4.69) is 48.2 Å². The Kier molecular flexibility index (Phi) is 5.09. The van der Waals surface area contributed by atoms with Crippen molar-refractivity contribution >= 4 is 0 Å². The lowest BCUT2D eigenvalue weighted by Gasteiger charge is -2.31. The minimum atomic E-state index is -0.159. The minimum Gasteiger partial charge on any atom is -0.464 e. The standard InChI is InChI=1S/C19H23NO2/c1-2-20-12-13-21-19(15-20)22-18-10-8-17(9-11-18)14-16-6-4-3-5-7-16/h3-11,19H,2,12-15H2,1H3. The molecule has 1 unspecified atom stereocenters. The lowest BCUT2D eigenvalue weighted by atomic mass is 10.1. The normalized spacial score (nSPS) is 19.0. The van der Waals surface area contributed by atoms with Crippen molar-refractivity contribution < 1.29 is 9.47 Å². The van der Waals surface area contributed by atoms with E-state index in [0.717, 1.165) is 38.4 Å². The van der Waals surface area contributed by atoms with Crippen molar-refractivity contribution in [2.75, 3.05) is 26.2 Å². The maximum atomic E-state index is 5.93. The summed E-state index contributed by atoms with van der Waals surface area (Å²) in [5, 5.41) is 0. The van der Waals surface area contributed by atoms with Gasteiger partial charge in [-0.15, -0.1) is 0 Å². The first kappa shape index (κ1) is 15.1. The largest absolute Gasteiger partial charge is 0.464 e. The average molecular weight is 297 g/mol. The van der Waals surface area contributed by atoms with E-state index in [4.69, 9.17) is 9.47 Å². The first-order valence-electron chi connectivity index (χ1n) is 7.97. The Labute approximate surface area is 132 Å². The van der Waals surface area contributed by atoms with Crippen molar-refractivity contribution in [1.29, 1.82) is 0 Å². The Morgan fingerprint density at radius 1 is 1.05 bits per heavy atom. The van der Waals surface area contributed by atoms with E-state index in [1.807, 2.05) is 18.2 Å². The van der Waals surface area contributed by atoms with Crippen LogP contribution in [0, 0.1) is 0 Å². The molecule has 1 saturated heterocycles. The number of nitrogens with zero attached hydrogens (tertiary/aromatic N) is 1. The second-order valence-corrected chi connectivity index (χ2v) is 5.62. The van der Waals surface area contributed by atoms with Crippen molar-refractivity contribution in [3.8, 4) is 5.75 Å². The minimum absolute atomic E-state index is 0.159. The van der Waals surface area contributed by atoms with Gasteiger partial charge >= 0.3 is 0 Å². The fraction of sp³-hybridized carbons (Fsp3) is 0.368. The van der Waals surface area contributed by atoms with E-state index in [0.29, 0.717) is 0 Å². The summed E-state index contributed by atoms with van der Waals surface area (Å²) in [6.45, 7) is 5.78. The van der Waals surface area contributed by atoms with Gasteiger partial charge in [0.05, 0.1) is 13.2 Å². The molecule has 116 valence electrons. The van der Waals surface area contributed by atoms with Crippen molar-refractivity contribution in [3.05, 3.63) is 65.7 Å². The molecule has 0 amide bonds. The fourth-order valence-electron chi connectivity index (χ4n) is 2.70. The van der Waals surface area contributed by atoms with Gasteiger partial charge in [-0.1, -0.05) is 49.4 Å². The molecule has 3 rings (SSSR count). The zero-order valence-corrected chi connectivity index (χ0v) is 13.1. The topological polar surface area (TPSA) is 21.7 Å². The molecule has 1 aliphatic heterocycles. The van der Waals surface area contributed by atoms with Gasteiger partial charge in [0.15, 0.2) is 0 Å².